The van der Waals surface area contributed by atoms with Crippen molar-refractivity contribution in [2.45, 2.75) is 19.9 Å². The van der Waals surface area contributed by atoms with E-state index >= 15 is 0 Å². The topological polar surface area (TPSA) is 64.6 Å². The van der Waals surface area contributed by atoms with Crippen molar-refractivity contribution in [3.05, 3.63) is 23.8 Å². The number of methoxy groups -OCH3 is 1. The van der Waals surface area contributed by atoms with Gasteiger partial charge in [-0.05, 0) is 31.0 Å². The van der Waals surface area contributed by atoms with Crippen LogP contribution in [0.4, 0.5) is 0 Å². The van der Waals surface area contributed by atoms with Gasteiger partial charge in [-0.1, -0.05) is 6.07 Å². The van der Waals surface area contributed by atoms with E-state index in [4.69, 9.17) is 23.9 Å². The molecule has 7 nitrogen and oxygen atoms in total. The van der Waals surface area contributed by atoms with E-state index in [1.165, 1.54) is 0 Å². The Morgan fingerprint density at radius 2 is 2.15 bits per heavy atom. The molecule has 27 heavy (non-hydrogen) atoms. The molecule has 1 aromatic rings. The Morgan fingerprint density at radius 3 is 2.96 bits per heavy atom. The van der Waals surface area contributed by atoms with Gasteiger partial charge in [-0.3, -0.25) is 0 Å². The summed E-state index contributed by atoms with van der Waals surface area (Å²) in [6, 6.07) is 5.99. The van der Waals surface area contributed by atoms with Gasteiger partial charge in [0.1, 0.15) is 0 Å². The third-order valence-electron chi connectivity index (χ3n) is 4.55. The zero-order valence-electron chi connectivity index (χ0n) is 16.1. The Morgan fingerprint density at radius 1 is 1.30 bits per heavy atom. The highest BCUT2D eigenvalue weighted by atomic mass is 127. The lowest BCUT2D eigenvalue weighted by atomic mass is 10.1. The van der Waals surface area contributed by atoms with Crippen LogP contribution in [0.1, 0.15) is 18.9 Å². The molecule has 1 saturated heterocycles. The number of hydrogen-bond donors (Lipinski definition) is 1. The zero-order chi connectivity index (χ0) is 18.2. The minimum Gasteiger partial charge on any atom is -0.454 e. The molecule has 2 aliphatic rings. The Labute approximate surface area is 178 Å². The minimum absolute atomic E-state index is 0. The molecule has 2 aliphatic heterocycles. The fourth-order valence-corrected chi connectivity index (χ4v) is 3.18. The minimum atomic E-state index is 0. The third-order valence-corrected chi connectivity index (χ3v) is 4.55. The number of ether oxygens (including phenoxy) is 4. The highest BCUT2D eigenvalue weighted by Crippen LogP contribution is 2.32. The van der Waals surface area contributed by atoms with E-state index in [-0.39, 0.29) is 24.0 Å². The number of nitrogens with one attached hydrogen (secondary N) is 1. The van der Waals surface area contributed by atoms with Crippen LogP contribution < -0.4 is 14.8 Å². The molecule has 1 atom stereocenters. The van der Waals surface area contributed by atoms with E-state index in [2.05, 4.69) is 17.1 Å². The number of aliphatic imine (C=N–C) groups is 1. The smallest absolute Gasteiger partial charge is 0.231 e. The largest absolute Gasteiger partial charge is 0.454 e. The maximum Gasteiger partial charge on any atom is 0.231 e. The highest BCUT2D eigenvalue weighted by molar-refractivity contribution is 14.0. The standard InChI is InChI=1S/C19H29N3O4.HI/c1-3-20-19(22-7-6-16(12-22)13-24-9-8-23-2)21-11-15-4-5-17-18(10-15)26-14-25-17;/h4-5,10,16H,3,6-9,11-14H2,1-2H3,(H,20,21);1H. The van der Waals surface area contributed by atoms with Crippen LogP contribution in [0.25, 0.3) is 0 Å². The van der Waals surface area contributed by atoms with Crippen LogP contribution in [0, 0.1) is 5.92 Å². The number of rotatable bonds is 8. The van der Waals surface area contributed by atoms with E-state index in [1.807, 2.05) is 18.2 Å². The molecule has 1 aromatic carbocycles. The molecule has 3 rings (SSSR count). The van der Waals surface area contributed by atoms with Gasteiger partial charge in [-0.25, -0.2) is 4.99 Å². The summed E-state index contributed by atoms with van der Waals surface area (Å²) in [5.41, 5.74) is 1.11. The maximum absolute atomic E-state index is 5.68. The first-order chi connectivity index (χ1) is 12.8. The highest BCUT2D eigenvalue weighted by Gasteiger charge is 2.25. The molecule has 0 saturated carbocycles. The monoisotopic (exact) mass is 491 g/mol. The fraction of sp³-hybridized carbons (Fsp3) is 0.632. The lowest BCUT2D eigenvalue weighted by Gasteiger charge is -2.21. The van der Waals surface area contributed by atoms with Crippen LogP contribution in [0.2, 0.25) is 0 Å². The molecule has 2 heterocycles. The van der Waals surface area contributed by atoms with Gasteiger partial charge in [0, 0.05) is 32.7 Å². The summed E-state index contributed by atoms with van der Waals surface area (Å²) in [5, 5.41) is 3.40. The van der Waals surface area contributed by atoms with E-state index < -0.39 is 0 Å². The van der Waals surface area contributed by atoms with Gasteiger partial charge in [0.2, 0.25) is 6.79 Å². The van der Waals surface area contributed by atoms with Gasteiger partial charge in [0.15, 0.2) is 17.5 Å². The predicted molar refractivity (Wildman–Crippen MR) is 115 cm³/mol. The number of benzene rings is 1. The number of hydrogen-bond acceptors (Lipinski definition) is 5. The zero-order valence-corrected chi connectivity index (χ0v) is 18.4. The summed E-state index contributed by atoms with van der Waals surface area (Å²) in [6.45, 7) is 7.92. The van der Waals surface area contributed by atoms with Crippen molar-refractivity contribution in [1.29, 1.82) is 0 Å². The van der Waals surface area contributed by atoms with Gasteiger partial charge in [-0.2, -0.15) is 0 Å². The molecule has 0 aromatic heterocycles. The van der Waals surface area contributed by atoms with Crippen molar-refractivity contribution in [3.8, 4) is 11.5 Å². The van der Waals surface area contributed by atoms with E-state index in [0.29, 0.717) is 32.5 Å². The fourth-order valence-electron chi connectivity index (χ4n) is 3.18. The molecular weight excluding hydrogens is 461 g/mol. The first-order valence-electron chi connectivity index (χ1n) is 9.28. The maximum atomic E-state index is 5.68. The van der Waals surface area contributed by atoms with Crippen molar-refractivity contribution in [3.63, 3.8) is 0 Å². The SMILES string of the molecule is CCNC(=NCc1ccc2c(c1)OCO2)N1CCC(COCCOC)C1.I. The van der Waals surface area contributed by atoms with Crippen molar-refractivity contribution < 1.29 is 18.9 Å². The average molecular weight is 491 g/mol. The van der Waals surface area contributed by atoms with Crippen molar-refractivity contribution in [2.24, 2.45) is 10.9 Å². The van der Waals surface area contributed by atoms with Crippen LogP contribution in [0.3, 0.4) is 0 Å². The second kappa shape index (κ2) is 11.6. The van der Waals surface area contributed by atoms with Crippen molar-refractivity contribution >= 4 is 29.9 Å². The van der Waals surface area contributed by atoms with Crippen molar-refractivity contribution in [2.75, 3.05) is 53.4 Å². The molecule has 1 unspecified atom stereocenters. The molecule has 0 spiro atoms. The normalized spacial score (nSPS) is 18.5. The van der Waals surface area contributed by atoms with Gasteiger partial charge in [-0.15, -0.1) is 24.0 Å². The number of fused-ring (bicyclic) bond motifs is 1. The van der Waals surface area contributed by atoms with Gasteiger partial charge in [0.05, 0.1) is 26.4 Å². The second-order valence-electron chi connectivity index (χ2n) is 6.53. The molecule has 152 valence electrons. The van der Waals surface area contributed by atoms with Gasteiger partial charge >= 0.3 is 0 Å². The van der Waals surface area contributed by atoms with Crippen LogP contribution in [0.5, 0.6) is 11.5 Å². The summed E-state index contributed by atoms with van der Waals surface area (Å²) in [6.07, 6.45) is 1.13. The molecule has 0 aliphatic carbocycles. The van der Waals surface area contributed by atoms with E-state index in [9.17, 15) is 0 Å². The Hall–Kier alpha value is -1.26. The average Bonchev–Trinajstić information content (AvgIpc) is 3.31. The summed E-state index contributed by atoms with van der Waals surface area (Å²) in [4.78, 5) is 7.13. The first-order valence-corrected chi connectivity index (χ1v) is 9.28. The molecule has 8 heteroatoms. The number of guanidine groups is 1. The molecule has 0 amide bonds. The molecule has 1 fully saturated rings. The Balaban J connectivity index is 0.00000261. The van der Waals surface area contributed by atoms with E-state index in [1.54, 1.807) is 7.11 Å². The van der Waals surface area contributed by atoms with Gasteiger partial charge in [0.25, 0.3) is 0 Å². The van der Waals surface area contributed by atoms with Crippen molar-refractivity contribution in [1.82, 2.24) is 10.2 Å². The predicted octanol–water partition coefficient (Wildman–Crippen LogP) is 2.48. The number of nitrogens with zero attached hydrogens (tertiary/aromatic N) is 2. The third kappa shape index (κ3) is 6.39. The molecule has 1 N–H and O–H groups in total. The van der Waals surface area contributed by atoms with Crippen LogP contribution in [-0.2, 0) is 16.0 Å². The Kier molecular flexibility index (Phi) is 9.43. The summed E-state index contributed by atoms with van der Waals surface area (Å²) < 4.78 is 21.5. The van der Waals surface area contributed by atoms with Crippen LogP contribution in [0.15, 0.2) is 23.2 Å². The summed E-state index contributed by atoms with van der Waals surface area (Å²) in [7, 11) is 1.69. The van der Waals surface area contributed by atoms with E-state index in [0.717, 1.165) is 55.7 Å². The first kappa shape index (κ1) is 22.0. The molecule has 0 bridgehead atoms. The summed E-state index contributed by atoms with van der Waals surface area (Å²) >= 11 is 0. The lowest BCUT2D eigenvalue weighted by molar-refractivity contribution is 0.0536. The molecular formula is C19H30IN3O4. The molecule has 0 radical (unpaired) electrons. The second-order valence-corrected chi connectivity index (χ2v) is 6.53. The number of likely N-dealkylation sites (tertiary alicyclic amines) is 1. The number of halogens is 1. The summed E-state index contributed by atoms with van der Waals surface area (Å²) in [5.74, 6) is 3.11. The quantitative estimate of drug-likeness (QED) is 0.261. The van der Waals surface area contributed by atoms with Crippen LogP contribution in [-0.4, -0.2) is 64.2 Å². The van der Waals surface area contributed by atoms with Gasteiger partial charge < -0.3 is 29.2 Å². The Bertz CT molecular complexity index is 615. The van der Waals surface area contributed by atoms with Crippen LogP contribution >= 0.6 is 24.0 Å². The lowest BCUT2D eigenvalue weighted by Crippen LogP contribution is -2.40.